The minimum absolute atomic E-state index is 0.187. The molecule has 1 fully saturated rings. The van der Waals surface area contributed by atoms with E-state index in [-0.39, 0.29) is 5.41 Å². The summed E-state index contributed by atoms with van der Waals surface area (Å²) in [6, 6.07) is 0. The van der Waals surface area contributed by atoms with Crippen LogP contribution in [0.15, 0.2) is 0 Å². The van der Waals surface area contributed by atoms with Crippen LogP contribution in [0.4, 0.5) is 0 Å². The molecule has 1 aliphatic rings. The van der Waals surface area contributed by atoms with E-state index >= 15 is 0 Å². The largest absolute Gasteiger partial charge is 0.299 e. The van der Waals surface area contributed by atoms with Gasteiger partial charge < -0.3 is 0 Å². The van der Waals surface area contributed by atoms with Crippen LogP contribution >= 0.6 is 0 Å². The van der Waals surface area contributed by atoms with Crippen molar-refractivity contribution in [1.82, 2.24) is 0 Å². The van der Waals surface area contributed by atoms with Gasteiger partial charge in [0.15, 0.2) is 0 Å². The Morgan fingerprint density at radius 3 is 1.82 bits per heavy atom. The Morgan fingerprint density at radius 1 is 1.27 bits per heavy atom. The summed E-state index contributed by atoms with van der Waals surface area (Å²) in [5.74, 6) is 1.71. The molecule has 64 valence electrons. The Labute approximate surface area is 69.2 Å². The maximum atomic E-state index is 11.3. The molecule has 1 saturated carbocycles. The zero-order valence-corrected chi connectivity index (χ0v) is 8.14. The first-order valence-corrected chi connectivity index (χ1v) is 4.39. The summed E-state index contributed by atoms with van der Waals surface area (Å²) < 4.78 is 0. The number of ketones is 1. The van der Waals surface area contributed by atoms with Gasteiger partial charge in [0, 0.05) is 11.8 Å². The smallest absolute Gasteiger partial charge is 0.141 e. The second-order valence-corrected chi connectivity index (χ2v) is 5.02. The fourth-order valence-corrected chi connectivity index (χ4v) is 1.94. The summed E-state index contributed by atoms with van der Waals surface area (Å²) in [5, 5.41) is 0. The van der Waals surface area contributed by atoms with Crippen LogP contribution in [-0.2, 0) is 4.79 Å². The predicted octanol–water partition coefficient (Wildman–Crippen LogP) is 2.50. The molecule has 0 aromatic heterocycles. The van der Waals surface area contributed by atoms with Gasteiger partial charge in [-0.05, 0) is 11.3 Å². The molecular formula is C10H18O. The molecule has 0 saturated heterocycles. The maximum absolute atomic E-state index is 11.3. The molecule has 1 rings (SSSR count). The van der Waals surface area contributed by atoms with Crippen molar-refractivity contribution < 1.29 is 4.79 Å². The molecule has 1 nitrogen and oxygen atoms in total. The van der Waals surface area contributed by atoms with Crippen LogP contribution in [0, 0.1) is 23.2 Å². The lowest BCUT2D eigenvalue weighted by atomic mass is 9.87. The number of Topliss-reactive ketones (excluding diaryl/α,β-unsaturated/α-hetero) is 1. The van der Waals surface area contributed by atoms with Gasteiger partial charge in [-0.3, -0.25) is 4.79 Å². The Balaban J connectivity index is 2.62. The highest BCUT2D eigenvalue weighted by Gasteiger charge is 2.56. The van der Waals surface area contributed by atoms with Gasteiger partial charge in [-0.2, -0.15) is 0 Å². The molecule has 0 radical (unpaired) electrons. The fourth-order valence-electron chi connectivity index (χ4n) is 1.94. The third-order valence-electron chi connectivity index (χ3n) is 2.54. The van der Waals surface area contributed by atoms with Gasteiger partial charge in [-0.1, -0.05) is 34.6 Å². The van der Waals surface area contributed by atoms with E-state index in [1.807, 2.05) is 0 Å². The van der Waals surface area contributed by atoms with E-state index in [1.165, 1.54) is 0 Å². The van der Waals surface area contributed by atoms with Gasteiger partial charge in [0.05, 0.1) is 0 Å². The third-order valence-corrected chi connectivity index (χ3v) is 2.54. The average molecular weight is 154 g/mol. The Hall–Kier alpha value is -0.330. The van der Waals surface area contributed by atoms with Gasteiger partial charge in [0.2, 0.25) is 0 Å². The summed E-state index contributed by atoms with van der Waals surface area (Å²) in [6.07, 6.45) is 0. The minimum atomic E-state index is 0.187. The number of rotatable bonds is 1. The molecule has 0 aromatic carbocycles. The molecule has 0 amide bonds. The first kappa shape index (κ1) is 8.76. The van der Waals surface area contributed by atoms with Gasteiger partial charge in [-0.25, -0.2) is 0 Å². The molecule has 0 N–H and O–H groups in total. The van der Waals surface area contributed by atoms with Crippen molar-refractivity contribution in [2.24, 2.45) is 23.2 Å². The Morgan fingerprint density at radius 2 is 1.73 bits per heavy atom. The molecule has 2 atom stereocenters. The summed E-state index contributed by atoms with van der Waals surface area (Å²) in [4.78, 5) is 11.3. The van der Waals surface area contributed by atoms with Gasteiger partial charge in [0.25, 0.3) is 0 Å². The monoisotopic (exact) mass is 154 g/mol. The van der Waals surface area contributed by atoms with E-state index in [9.17, 15) is 4.79 Å². The number of hydrogen-bond donors (Lipinski definition) is 0. The Kier molecular flexibility index (Phi) is 1.85. The van der Waals surface area contributed by atoms with Crippen molar-refractivity contribution >= 4 is 5.78 Å². The first-order chi connectivity index (χ1) is 4.85. The van der Waals surface area contributed by atoms with Crippen LogP contribution in [0.5, 0.6) is 0 Å². The lowest BCUT2D eigenvalue weighted by Crippen LogP contribution is -2.11. The average Bonchev–Trinajstić information content (AvgIpc) is 2.38. The van der Waals surface area contributed by atoms with Crippen molar-refractivity contribution in [2.45, 2.75) is 34.6 Å². The molecule has 1 aliphatic carbocycles. The van der Waals surface area contributed by atoms with Gasteiger partial charge in [-0.15, -0.1) is 0 Å². The highest BCUT2D eigenvalue weighted by atomic mass is 16.1. The zero-order chi connectivity index (χ0) is 8.81. The van der Waals surface area contributed by atoms with Crippen molar-refractivity contribution in [3.05, 3.63) is 0 Å². The van der Waals surface area contributed by atoms with Crippen molar-refractivity contribution in [3.63, 3.8) is 0 Å². The SMILES string of the molecule is CC(C)[C@H]1C(=O)[C@@H]1C(C)(C)C. The Bertz CT molecular complexity index is 174. The lowest BCUT2D eigenvalue weighted by molar-refractivity contribution is -0.113. The standard InChI is InChI=1S/C10H18O/c1-6(2)7-8(9(7)11)10(3,4)5/h6-8H,1-5H3/t7-,8-/m1/s1. The van der Waals surface area contributed by atoms with Crippen LogP contribution in [0.1, 0.15) is 34.6 Å². The minimum Gasteiger partial charge on any atom is -0.299 e. The van der Waals surface area contributed by atoms with E-state index < -0.39 is 0 Å². The summed E-state index contributed by atoms with van der Waals surface area (Å²) in [7, 11) is 0. The number of hydrogen-bond acceptors (Lipinski definition) is 1. The summed E-state index contributed by atoms with van der Waals surface area (Å²) in [5.41, 5.74) is 0.187. The van der Waals surface area contributed by atoms with Crippen molar-refractivity contribution in [1.29, 1.82) is 0 Å². The molecule has 0 aromatic rings. The van der Waals surface area contributed by atoms with Gasteiger partial charge in [0.1, 0.15) is 5.78 Å². The van der Waals surface area contributed by atoms with E-state index in [4.69, 9.17) is 0 Å². The number of carbonyl (C=O) groups is 1. The topological polar surface area (TPSA) is 17.1 Å². The highest BCUT2D eigenvalue weighted by molar-refractivity contribution is 6.00. The van der Waals surface area contributed by atoms with E-state index in [0.29, 0.717) is 23.5 Å². The zero-order valence-electron chi connectivity index (χ0n) is 8.14. The summed E-state index contributed by atoms with van der Waals surface area (Å²) >= 11 is 0. The molecule has 0 bridgehead atoms. The van der Waals surface area contributed by atoms with Crippen LogP contribution in [0.3, 0.4) is 0 Å². The lowest BCUT2D eigenvalue weighted by Gasteiger charge is -2.16. The quantitative estimate of drug-likeness (QED) is 0.567. The number of carbonyl (C=O) groups excluding carboxylic acids is 1. The van der Waals surface area contributed by atoms with E-state index in [1.54, 1.807) is 0 Å². The molecule has 0 unspecified atom stereocenters. The fraction of sp³-hybridized carbons (Fsp3) is 0.900. The predicted molar refractivity (Wildman–Crippen MR) is 46.3 cm³/mol. The van der Waals surface area contributed by atoms with Crippen LogP contribution in [-0.4, -0.2) is 5.78 Å². The molecule has 11 heavy (non-hydrogen) atoms. The van der Waals surface area contributed by atoms with Crippen LogP contribution < -0.4 is 0 Å². The second kappa shape index (κ2) is 2.33. The molecule has 0 heterocycles. The normalized spacial score (nSPS) is 31.3. The maximum Gasteiger partial charge on any atom is 0.141 e. The molecule has 1 heteroatoms. The highest BCUT2D eigenvalue weighted by Crippen LogP contribution is 2.50. The van der Waals surface area contributed by atoms with Crippen LogP contribution in [0.25, 0.3) is 0 Å². The molecule has 0 aliphatic heterocycles. The molecular weight excluding hydrogens is 136 g/mol. The van der Waals surface area contributed by atoms with Crippen molar-refractivity contribution in [2.75, 3.05) is 0 Å². The summed E-state index contributed by atoms with van der Waals surface area (Å²) in [6.45, 7) is 10.7. The molecule has 0 spiro atoms. The van der Waals surface area contributed by atoms with Gasteiger partial charge >= 0.3 is 0 Å². The van der Waals surface area contributed by atoms with E-state index in [2.05, 4.69) is 34.6 Å². The van der Waals surface area contributed by atoms with Crippen LogP contribution in [0.2, 0.25) is 0 Å². The first-order valence-electron chi connectivity index (χ1n) is 4.39. The third kappa shape index (κ3) is 1.47. The van der Waals surface area contributed by atoms with E-state index in [0.717, 1.165) is 0 Å². The second-order valence-electron chi connectivity index (χ2n) is 5.02. The van der Waals surface area contributed by atoms with Crippen molar-refractivity contribution in [3.8, 4) is 0 Å².